The molecule has 5 heteroatoms. The summed E-state index contributed by atoms with van der Waals surface area (Å²) in [7, 11) is 0. The topological polar surface area (TPSA) is 67.2 Å². The molecular formula is C28H27N3O2. The molecule has 0 aliphatic rings. The Bertz CT molecular complexity index is 1240. The lowest BCUT2D eigenvalue weighted by molar-refractivity contribution is -0.124. The minimum Gasteiger partial charge on any atom is -0.328 e. The summed E-state index contributed by atoms with van der Waals surface area (Å²) < 4.78 is 2.29. The second kappa shape index (κ2) is 10.6. The Morgan fingerprint density at radius 3 is 2.36 bits per heavy atom. The Hall–Kier alpha value is -3.96. The number of aryl methyl sites for hydroxylation is 2. The number of rotatable bonds is 8. The Kier molecular flexibility index (Phi) is 7.12. The summed E-state index contributed by atoms with van der Waals surface area (Å²) in [5.74, 6) is 0.418. The van der Waals surface area contributed by atoms with E-state index in [1.54, 1.807) is 11.6 Å². The van der Waals surface area contributed by atoms with Crippen LogP contribution in [0.2, 0.25) is 0 Å². The summed E-state index contributed by atoms with van der Waals surface area (Å²) in [6, 6.07) is 28.8. The molecule has 5 nitrogen and oxygen atoms in total. The highest BCUT2D eigenvalue weighted by molar-refractivity contribution is 5.91. The monoisotopic (exact) mass is 437 g/mol. The van der Waals surface area contributed by atoms with Gasteiger partial charge in [0.15, 0.2) is 0 Å². The molecule has 1 aromatic heterocycles. The highest BCUT2D eigenvalue weighted by atomic mass is 16.5. The van der Waals surface area contributed by atoms with E-state index in [-0.39, 0.29) is 0 Å². The zero-order valence-electron chi connectivity index (χ0n) is 18.6. The van der Waals surface area contributed by atoms with Crippen molar-refractivity contribution in [2.75, 3.05) is 0 Å². The number of amides is 1. The van der Waals surface area contributed by atoms with Crippen molar-refractivity contribution in [3.63, 3.8) is 0 Å². The minimum atomic E-state index is -0.561. The van der Waals surface area contributed by atoms with Gasteiger partial charge < -0.3 is 4.57 Å². The van der Waals surface area contributed by atoms with Gasteiger partial charge in [0.05, 0.1) is 11.4 Å². The molecule has 0 unspecified atom stereocenters. The van der Waals surface area contributed by atoms with Crippen molar-refractivity contribution in [3.05, 3.63) is 119 Å². The standard InChI is InChI=1S/C28H27N3O2/c1-21-29-26(20-23-11-6-3-7-12-23)28(31(21)18-17-22-9-4-2-5-10-22)25-14-8-13-24(19-25)15-16-27(32)30-33/h2-16,19,33H,17-18,20H2,1H3,(H,30,32). The van der Waals surface area contributed by atoms with Crippen LogP contribution in [0.25, 0.3) is 17.3 Å². The Morgan fingerprint density at radius 2 is 1.67 bits per heavy atom. The number of nitrogens with zero attached hydrogens (tertiary/aromatic N) is 2. The average molecular weight is 438 g/mol. The molecule has 0 saturated heterocycles. The van der Waals surface area contributed by atoms with Crippen molar-refractivity contribution in [2.24, 2.45) is 0 Å². The number of carbonyl (C=O) groups excluding carboxylic acids is 1. The molecule has 0 atom stereocenters. The average Bonchev–Trinajstić information content (AvgIpc) is 3.17. The van der Waals surface area contributed by atoms with Crippen LogP contribution >= 0.6 is 0 Å². The van der Waals surface area contributed by atoms with Crippen LogP contribution < -0.4 is 5.48 Å². The first-order valence-electron chi connectivity index (χ1n) is 11.0. The molecule has 0 spiro atoms. The summed E-state index contributed by atoms with van der Waals surface area (Å²) >= 11 is 0. The van der Waals surface area contributed by atoms with E-state index >= 15 is 0 Å². The molecule has 0 aliphatic heterocycles. The summed E-state index contributed by atoms with van der Waals surface area (Å²) in [6.07, 6.45) is 4.64. The van der Waals surface area contributed by atoms with E-state index in [2.05, 4.69) is 54.0 Å². The summed E-state index contributed by atoms with van der Waals surface area (Å²) in [5.41, 5.74) is 8.15. The predicted octanol–water partition coefficient (Wildman–Crippen LogP) is 5.21. The smallest absolute Gasteiger partial charge is 0.267 e. The first-order valence-corrected chi connectivity index (χ1v) is 11.0. The summed E-state index contributed by atoms with van der Waals surface area (Å²) in [5, 5.41) is 8.75. The van der Waals surface area contributed by atoms with E-state index in [1.807, 2.05) is 42.5 Å². The van der Waals surface area contributed by atoms with E-state index in [0.717, 1.165) is 47.7 Å². The normalized spacial score (nSPS) is 11.1. The fourth-order valence-electron chi connectivity index (χ4n) is 4.02. The number of imidazole rings is 1. The molecule has 2 N–H and O–H groups in total. The van der Waals surface area contributed by atoms with E-state index < -0.39 is 5.91 Å². The van der Waals surface area contributed by atoms with Crippen LogP contribution in [0.4, 0.5) is 0 Å². The maximum atomic E-state index is 11.4. The van der Waals surface area contributed by atoms with Gasteiger partial charge in [-0.2, -0.15) is 0 Å². The molecule has 4 rings (SSSR count). The summed E-state index contributed by atoms with van der Waals surface area (Å²) in [6.45, 7) is 2.87. The molecule has 166 valence electrons. The van der Waals surface area contributed by atoms with Crippen LogP contribution in [0.15, 0.2) is 91.0 Å². The van der Waals surface area contributed by atoms with Gasteiger partial charge in [0.1, 0.15) is 5.82 Å². The molecule has 4 aromatic rings. The van der Waals surface area contributed by atoms with Gasteiger partial charge in [-0.1, -0.05) is 78.9 Å². The number of hydroxylamine groups is 1. The molecule has 0 radical (unpaired) electrons. The van der Waals surface area contributed by atoms with Crippen LogP contribution in [0.1, 0.15) is 28.2 Å². The molecule has 1 amide bonds. The van der Waals surface area contributed by atoms with Crippen molar-refractivity contribution in [2.45, 2.75) is 26.3 Å². The van der Waals surface area contributed by atoms with E-state index in [0.29, 0.717) is 0 Å². The van der Waals surface area contributed by atoms with Gasteiger partial charge in [-0.05, 0) is 42.2 Å². The third-order valence-corrected chi connectivity index (χ3v) is 5.61. The van der Waals surface area contributed by atoms with Crippen molar-refractivity contribution in [1.29, 1.82) is 0 Å². The third kappa shape index (κ3) is 5.64. The van der Waals surface area contributed by atoms with Crippen LogP contribution in [0, 0.1) is 6.92 Å². The van der Waals surface area contributed by atoms with Crippen molar-refractivity contribution < 1.29 is 10.0 Å². The zero-order chi connectivity index (χ0) is 23.0. The van der Waals surface area contributed by atoms with Gasteiger partial charge in [0.25, 0.3) is 5.91 Å². The molecule has 0 fully saturated rings. The van der Waals surface area contributed by atoms with Gasteiger partial charge in [0, 0.05) is 24.6 Å². The molecule has 0 saturated carbocycles. The van der Waals surface area contributed by atoms with Crippen LogP contribution in [0.3, 0.4) is 0 Å². The Morgan fingerprint density at radius 1 is 0.970 bits per heavy atom. The highest BCUT2D eigenvalue weighted by Gasteiger charge is 2.17. The number of hydrogen-bond donors (Lipinski definition) is 2. The fourth-order valence-corrected chi connectivity index (χ4v) is 4.02. The van der Waals surface area contributed by atoms with Gasteiger partial charge in [0.2, 0.25) is 0 Å². The van der Waals surface area contributed by atoms with E-state index in [1.165, 1.54) is 17.2 Å². The molecule has 0 aliphatic carbocycles. The number of hydrogen-bond acceptors (Lipinski definition) is 3. The molecular weight excluding hydrogens is 410 g/mol. The lowest BCUT2D eigenvalue weighted by Gasteiger charge is -2.13. The van der Waals surface area contributed by atoms with Crippen molar-refractivity contribution in [1.82, 2.24) is 15.0 Å². The van der Waals surface area contributed by atoms with Gasteiger partial charge in [-0.3, -0.25) is 10.0 Å². The first-order chi connectivity index (χ1) is 16.1. The maximum Gasteiger partial charge on any atom is 0.267 e. The van der Waals surface area contributed by atoms with Gasteiger partial charge in [-0.15, -0.1) is 0 Å². The maximum absolute atomic E-state index is 11.4. The zero-order valence-corrected chi connectivity index (χ0v) is 18.6. The highest BCUT2D eigenvalue weighted by Crippen LogP contribution is 2.29. The summed E-state index contributed by atoms with van der Waals surface area (Å²) in [4.78, 5) is 16.4. The second-order valence-corrected chi connectivity index (χ2v) is 7.94. The largest absolute Gasteiger partial charge is 0.328 e. The van der Waals surface area contributed by atoms with E-state index in [4.69, 9.17) is 10.2 Å². The van der Waals surface area contributed by atoms with Crippen LogP contribution in [-0.4, -0.2) is 20.7 Å². The fraction of sp³-hybridized carbons (Fsp3) is 0.143. The lowest BCUT2D eigenvalue weighted by atomic mass is 10.0. The number of carbonyl (C=O) groups is 1. The van der Waals surface area contributed by atoms with Gasteiger partial charge in [-0.25, -0.2) is 10.5 Å². The van der Waals surface area contributed by atoms with E-state index in [9.17, 15) is 4.79 Å². The second-order valence-electron chi connectivity index (χ2n) is 7.94. The van der Waals surface area contributed by atoms with Crippen molar-refractivity contribution in [3.8, 4) is 11.3 Å². The Labute approximate surface area is 194 Å². The quantitative estimate of drug-likeness (QED) is 0.226. The van der Waals surface area contributed by atoms with Crippen LogP contribution in [-0.2, 0) is 24.2 Å². The third-order valence-electron chi connectivity index (χ3n) is 5.61. The number of nitrogens with one attached hydrogen (secondary N) is 1. The first kappa shape index (κ1) is 22.2. The Balaban J connectivity index is 1.73. The predicted molar refractivity (Wildman–Crippen MR) is 131 cm³/mol. The molecule has 3 aromatic carbocycles. The molecule has 1 heterocycles. The van der Waals surface area contributed by atoms with Gasteiger partial charge >= 0.3 is 0 Å². The van der Waals surface area contributed by atoms with Crippen molar-refractivity contribution >= 4 is 12.0 Å². The van der Waals surface area contributed by atoms with Crippen LogP contribution in [0.5, 0.6) is 0 Å². The number of benzene rings is 3. The number of aromatic nitrogens is 2. The minimum absolute atomic E-state index is 0.561. The molecule has 33 heavy (non-hydrogen) atoms. The SMILES string of the molecule is Cc1nc(Cc2ccccc2)c(-c2cccc(C=CC(=O)NO)c2)n1CCc1ccccc1. The molecule has 0 bridgehead atoms. The lowest BCUT2D eigenvalue weighted by Crippen LogP contribution is -2.14.